The van der Waals surface area contributed by atoms with Gasteiger partial charge in [0.15, 0.2) is 0 Å². The first kappa shape index (κ1) is 12.7. The van der Waals surface area contributed by atoms with Crippen molar-refractivity contribution in [2.45, 2.75) is 18.9 Å². The Morgan fingerprint density at radius 1 is 1.21 bits per heavy atom. The number of anilines is 1. The Balaban J connectivity index is 2.00. The molecule has 0 aromatic heterocycles. The first-order valence-electron chi connectivity index (χ1n) is 6.42. The van der Waals surface area contributed by atoms with Crippen LogP contribution < -0.4 is 4.90 Å². The second kappa shape index (κ2) is 4.97. The molecule has 2 aromatic carbocycles. The molecule has 3 rings (SSSR count). The van der Waals surface area contributed by atoms with E-state index in [4.69, 9.17) is 0 Å². The highest BCUT2D eigenvalue weighted by Crippen LogP contribution is 2.40. The van der Waals surface area contributed by atoms with E-state index in [2.05, 4.69) is 40.0 Å². The minimum Gasteiger partial charge on any atom is -0.367 e. The molecule has 1 heterocycles. The number of halogens is 2. The van der Waals surface area contributed by atoms with Crippen LogP contribution >= 0.6 is 15.9 Å². The fourth-order valence-electron chi connectivity index (χ4n) is 2.87. The Labute approximate surface area is 121 Å². The molecule has 1 unspecified atom stereocenters. The topological polar surface area (TPSA) is 3.24 Å². The molecule has 0 spiro atoms. The van der Waals surface area contributed by atoms with E-state index in [9.17, 15) is 4.39 Å². The fraction of sp³-hybridized carbons (Fsp3) is 0.250. The molecule has 98 valence electrons. The van der Waals surface area contributed by atoms with Crippen molar-refractivity contribution in [3.63, 3.8) is 0 Å². The molecule has 0 N–H and O–H groups in total. The van der Waals surface area contributed by atoms with E-state index in [1.165, 1.54) is 17.3 Å². The second-order valence-electron chi connectivity index (χ2n) is 4.96. The Bertz CT molecular complexity index is 611. The van der Waals surface area contributed by atoms with Gasteiger partial charge in [-0.05, 0) is 48.2 Å². The highest BCUT2D eigenvalue weighted by atomic mass is 79.9. The molecule has 0 fully saturated rings. The first-order chi connectivity index (χ1) is 9.16. The molecule has 1 atom stereocenters. The summed E-state index contributed by atoms with van der Waals surface area (Å²) in [6.07, 6.45) is 2.03. The van der Waals surface area contributed by atoms with Gasteiger partial charge in [-0.1, -0.05) is 34.1 Å². The molecular formula is C16H15BrFN. The Morgan fingerprint density at radius 3 is 2.79 bits per heavy atom. The standard InChI is InChI=1S/C16H15BrFN/c1-19-15(11-4-2-5-12(18)10-11)9-8-13-14(17)6-3-7-16(13)19/h2-7,10,15H,8-9H2,1H3. The summed E-state index contributed by atoms with van der Waals surface area (Å²) in [5.41, 5.74) is 3.63. The van der Waals surface area contributed by atoms with E-state index in [0.717, 1.165) is 22.9 Å². The molecule has 0 saturated heterocycles. The molecular weight excluding hydrogens is 305 g/mol. The number of benzene rings is 2. The summed E-state index contributed by atoms with van der Waals surface area (Å²) in [6, 6.07) is 13.4. The van der Waals surface area contributed by atoms with Crippen LogP contribution in [0.15, 0.2) is 46.9 Å². The third-order valence-corrected chi connectivity index (χ3v) is 4.59. The summed E-state index contributed by atoms with van der Waals surface area (Å²) in [7, 11) is 2.08. The van der Waals surface area contributed by atoms with Gasteiger partial charge in [-0.2, -0.15) is 0 Å². The van der Waals surface area contributed by atoms with Gasteiger partial charge in [-0.3, -0.25) is 0 Å². The lowest BCUT2D eigenvalue weighted by atomic mass is 9.92. The summed E-state index contributed by atoms with van der Waals surface area (Å²) in [4.78, 5) is 2.25. The molecule has 0 saturated carbocycles. The number of hydrogen-bond acceptors (Lipinski definition) is 1. The van der Waals surface area contributed by atoms with Gasteiger partial charge in [0.05, 0.1) is 6.04 Å². The van der Waals surface area contributed by atoms with Gasteiger partial charge in [0, 0.05) is 17.2 Å². The zero-order chi connectivity index (χ0) is 13.4. The van der Waals surface area contributed by atoms with E-state index < -0.39 is 0 Å². The normalized spacial score (nSPS) is 18.3. The summed E-state index contributed by atoms with van der Waals surface area (Å²) in [5.74, 6) is -0.161. The molecule has 0 bridgehead atoms. The van der Waals surface area contributed by atoms with Gasteiger partial charge in [0.2, 0.25) is 0 Å². The van der Waals surface area contributed by atoms with Gasteiger partial charge in [0.25, 0.3) is 0 Å². The molecule has 0 radical (unpaired) electrons. The van der Waals surface area contributed by atoms with Crippen molar-refractivity contribution >= 4 is 21.6 Å². The molecule has 19 heavy (non-hydrogen) atoms. The van der Waals surface area contributed by atoms with E-state index in [0.29, 0.717) is 0 Å². The Morgan fingerprint density at radius 2 is 2.00 bits per heavy atom. The Hall–Kier alpha value is -1.35. The monoisotopic (exact) mass is 319 g/mol. The summed E-state index contributed by atoms with van der Waals surface area (Å²) < 4.78 is 14.5. The molecule has 1 aliphatic rings. The van der Waals surface area contributed by atoms with Gasteiger partial charge in [-0.25, -0.2) is 4.39 Å². The fourth-order valence-corrected chi connectivity index (χ4v) is 3.43. The number of fused-ring (bicyclic) bond motifs is 1. The van der Waals surface area contributed by atoms with Crippen molar-refractivity contribution in [3.8, 4) is 0 Å². The maximum absolute atomic E-state index is 13.4. The van der Waals surface area contributed by atoms with Crippen LogP contribution in [0.1, 0.15) is 23.6 Å². The maximum atomic E-state index is 13.4. The van der Waals surface area contributed by atoms with Gasteiger partial charge in [0.1, 0.15) is 5.82 Å². The van der Waals surface area contributed by atoms with Crippen LogP contribution in [0, 0.1) is 5.82 Å². The van der Waals surface area contributed by atoms with Crippen molar-refractivity contribution in [1.82, 2.24) is 0 Å². The molecule has 2 aromatic rings. The van der Waals surface area contributed by atoms with Crippen molar-refractivity contribution in [2.24, 2.45) is 0 Å². The van der Waals surface area contributed by atoms with Crippen LogP contribution in [-0.4, -0.2) is 7.05 Å². The molecule has 1 aliphatic heterocycles. The third-order valence-electron chi connectivity index (χ3n) is 3.84. The minimum absolute atomic E-state index is 0.161. The lowest BCUT2D eigenvalue weighted by Gasteiger charge is -2.36. The van der Waals surface area contributed by atoms with Crippen LogP contribution in [0.4, 0.5) is 10.1 Å². The van der Waals surface area contributed by atoms with Gasteiger partial charge in [-0.15, -0.1) is 0 Å². The zero-order valence-electron chi connectivity index (χ0n) is 10.7. The van der Waals surface area contributed by atoms with Crippen LogP contribution in [0.25, 0.3) is 0 Å². The van der Waals surface area contributed by atoms with Crippen molar-refractivity contribution < 1.29 is 4.39 Å². The largest absolute Gasteiger partial charge is 0.367 e. The molecule has 0 aliphatic carbocycles. The minimum atomic E-state index is -0.161. The average Bonchev–Trinajstić information content (AvgIpc) is 2.40. The molecule has 0 amide bonds. The van der Waals surface area contributed by atoms with Crippen molar-refractivity contribution in [3.05, 3.63) is 63.9 Å². The summed E-state index contributed by atoms with van der Waals surface area (Å²) in [6.45, 7) is 0. The van der Waals surface area contributed by atoms with Crippen LogP contribution in [0.2, 0.25) is 0 Å². The lowest BCUT2D eigenvalue weighted by molar-refractivity contribution is 0.572. The Kier molecular flexibility index (Phi) is 3.31. The SMILES string of the molecule is CN1c2cccc(Br)c2CCC1c1cccc(F)c1. The number of hydrogen-bond donors (Lipinski definition) is 0. The first-order valence-corrected chi connectivity index (χ1v) is 7.22. The number of nitrogens with zero attached hydrogens (tertiary/aromatic N) is 1. The van der Waals surface area contributed by atoms with Crippen molar-refractivity contribution in [2.75, 3.05) is 11.9 Å². The smallest absolute Gasteiger partial charge is 0.123 e. The quantitative estimate of drug-likeness (QED) is 0.735. The average molecular weight is 320 g/mol. The maximum Gasteiger partial charge on any atom is 0.123 e. The third kappa shape index (κ3) is 2.27. The van der Waals surface area contributed by atoms with Crippen LogP contribution in [-0.2, 0) is 6.42 Å². The zero-order valence-corrected chi connectivity index (χ0v) is 12.3. The highest BCUT2D eigenvalue weighted by molar-refractivity contribution is 9.10. The van der Waals surface area contributed by atoms with Crippen LogP contribution in [0.5, 0.6) is 0 Å². The van der Waals surface area contributed by atoms with Crippen molar-refractivity contribution in [1.29, 1.82) is 0 Å². The van der Waals surface area contributed by atoms with Gasteiger partial charge >= 0.3 is 0 Å². The second-order valence-corrected chi connectivity index (χ2v) is 5.81. The van der Waals surface area contributed by atoms with E-state index in [-0.39, 0.29) is 11.9 Å². The highest BCUT2D eigenvalue weighted by Gasteiger charge is 2.25. The predicted molar refractivity (Wildman–Crippen MR) is 80.0 cm³/mol. The summed E-state index contributed by atoms with van der Waals surface area (Å²) >= 11 is 3.61. The molecule has 3 heteroatoms. The summed E-state index contributed by atoms with van der Waals surface area (Å²) in [5, 5.41) is 0. The van der Waals surface area contributed by atoms with E-state index in [1.54, 1.807) is 12.1 Å². The predicted octanol–water partition coefficient (Wildman–Crippen LogP) is 4.71. The lowest BCUT2D eigenvalue weighted by Crippen LogP contribution is -2.29. The molecule has 1 nitrogen and oxygen atoms in total. The van der Waals surface area contributed by atoms with Crippen LogP contribution in [0.3, 0.4) is 0 Å². The van der Waals surface area contributed by atoms with Gasteiger partial charge < -0.3 is 4.90 Å². The van der Waals surface area contributed by atoms with E-state index in [1.807, 2.05) is 12.1 Å². The number of rotatable bonds is 1. The van der Waals surface area contributed by atoms with E-state index >= 15 is 0 Å².